The van der Waals surface area contributed by atoms with Crippen LogP contribution < -0.4 is 5.32 Å². The molecule has 2 rings (SSSR count). The summed E-state index contributed by atoms with van der Waals surface area (Å²) < 4.78 is 15.2. The van der Waals surface area contributed by atoms with Gasteiger partial charge >= 0.3 is 0 Å². The Hall–Kier alpha value is -1.84. The third kappa shape index (κ3) is 2.64. The van der Waals surface area contributed by atoms with Crippen molar-refractivity contribution in [1.29, 1.82) is 0 Å². The first kappa shape index (κ1) is 11.6. The Balaban J connectivity index is 2.28. The van der Waals surface area contributed by atoms with Crippen molar-refractivity contribution in [3.63, 3.8) is 0 Å². The number of nitrogens with zero attached hydrogens (tertiary/aromatic N) is 2. The molecule has 1 aromatic carbocycles. The zero-order valence-electron chi connectivity index (χ0n) is 10.2. The molecule has 0 aliphatic heterocycles. The highest BCUT2D eigenvalue weighted by molar-refractivity contribution is 5.55. The first-order valence-electron chi connectivity index (χ1n) is 5.63. The summed E-state index contributed by atoms with van der Waals surface area (Å²) in [5.41, 5.74) is 1.60. The predicted molar refractivity (Wildman–Crippen MR) is 67.0 cm³/mol. The molecule has 0 radical (unpaired) electrons. The SMILES string of the molecule is Cc1cc(F)cc(Nc2nccn2C(C)C)c1. The van der Waals surface area contributed by atoms with Crippen LogP contribution in [0.5, 0.6) is 0 Å². The molecule has 1 N–H and O–H groups in total. The van der Waals surface area contributed by atoms with Crippen LogP contribution in [0.25, 0.3) is 0 Å². The fraction of sp³-hybridized carbons (Fsp3) is 0.308. The number of hydrogen-bond acceptors (Lipinski definition) is 2. The van der Waals surface area contributed by atoms with E-state index in [1.807, 2.05) is 23.8 Å². The maximum Gasteiger partial charge on any atom is 0.207 e. The Bertz CT molecular complexity index is 497. The van der Waals surface area contributed by atoms with Crippen LogP contribution in [0.3, 0.4) is 0 Å². The van der Waals surface area contributed by atoms with E-state index in [0.29, 0.717) is 6.04 Å². The Kier molecular flexibility index (Phi) is 3.13. The van der Waals surface area contributed by atoms with E-state index >= 15 is 0 Å². The van der Waals surface area contributed by atoms with E-state index < -0.39 is 0 Å². The summed E-state index contributed by atoms with van der Waals surface area (Å²) in [6, 6.07) is 5.17. The van der Waals surface area contributed by atoms with E-state index in [9.17, 15) is 4.39 Å². The number of rotatable bonds is 3. The maximum atomic E-state index is 13.2. The number of aryl methyl sites for hydroxylation is 1. The van der Waals surface area contributed by atoms with Gasteiger partial charge in [-0.2, -0.15) is 0 Å². The van der Waals surface area contributed by atoms with Crippen molar-refractivity contribution in [1.82, 2.24) is 9.55 Å². The summed E-state index contributed by atoms with van der Waals surface area (Å²) >= 11 is 0. The van der Waals surface area contributed by atoms with Crippen molar-refractivity contribution in [2.45, 2.75) is 26.8 Å². The van der Waals surface area contributed by atoms with Crippen LogP contribution in [0.4, 0.5) is 16.0 Å². The van der Waals surface area contributed by atoms with Gasteiger partial charge in [0.15, 0.2) is 0 Å². The van der Waals surface area contributed by atoms with Crippen LogP contribution >= 0.6 is 0 Å². The molecule has 1 aromatic heterocycles. The van der Waals surface area contributed by atoms with Gasteiger partial charge in [-0.3, -0.25) is 0 Å². The van der Waals surface area contributed by atoms with Gasteiger partial charge in [0.25, 0.3) is 0 Å². The zero-order chi connectivity index (χ0) is 12.4. The largest absolute Gasteiger partial charge is 0.325 e. The molecule has 0 fully saturated rings. The van der Waals surface area contributed by atoms with Crippen LogP contribution in [-0.4, -0.2) is 9.55 Å². The Morgan fingerprint density at radius 1 is 1.29 bits per heavy atom. The number of imidazole rings is 1. The summed E-state index contributed by atoms with van der Waals surface area (Å²) in [4.78, 5) is 4.22. The highest BCUT2D eigenvalue weighted by atomic mass is 19.1. The lowest BCUT2D eigenvalue weighted by Crippen LogP contribution is -2.05. The maximum absolute atomic E-state index is 13.2. The average molecular weight is 233 g/mol. The van der Waals surface area contributed by atoms with E-state index in [1.165, 1.54) is 12.1 Å². The molecule has 0 saturated carbocycles. The number of benzene rings is 1. The second kappa shape index (κ2) is 4.57. The number of aromatic nitrogens is 2. The molecule has 0 atom stereocenters. The van der Waals surface area contributed by atoms with E-state index in [1.54, 1.807) is 6.20 Å². The minimum atomic E-state index is -0.241. The van der Waals surface area contributed by atoms with Gasteiger partial charge in [-0.05, 0) is 44.5 Å². The second-order valence-corrected chi connectivity index (χ2v) is 4.39. The topological polar surface area (TPSA) is 29.9 Å². The van der Waals surface area contributed by atoms with Crippen LogP contribution in [0.2, 0.25) is 0 Å². The standard InChI is InChI=1S/C13H16FN3/c1-9(2)17-5-4-15-13(17)16-12-7-10(3)6-11(14)8-12/h4-9H,1-3H3,(H,15,16). The number of hydrogen-bond donors (Lipinski definition) is 1. The smallest absolute Gasteiger partial charge is 0.207 e. The third-order valence-electron chi connectivity index (χ3n) is 2.52. The number of halogens is 1. The number of anilines is 2. The fourth-order valence-corrected chi connectivity index (χ4v) is 1.76. The summed E-state index contributed by atoms with van der Waals surface area (Å²) in [6.07, 6.45) is 3.63. The molecule has 17 heavy (non-hydrogen) atoms. The fourth-order valence-electron chi connectivity index (χ4n) is 1.76. The summed E-state index contributed by atoms with van der Waals surface area (Å²) in [5, 5.41) is 3.13. The zero-order valence-corrected chi connectivity index (χ0v) is 10.2. The third-order valence-corrected chi connectivity index (χ3v) is 2.52. The van der Waals surface area contributed by atoms with Gasteiger partial charge in [0, 0.05) is 24.1 Å². The molecular formula is C13H16FN3. The molecule has 0 spiro atoms. The van der Waals surface area contributed by atoms with Gasteiger partial charge in [-0.15, -0.1) is 0 Å². The van der Waals surface area contributed by atoms with Gasteiger partial charge < -0.3 is 9.88 Å². The van der Waals surface area contributed by atoms with E-state index in [2.05, 4.69) is 24.1 Å². The summed E-state index contributed by atoms with van der Waals surface area (Å²) in [7, 11) is 0. The van der Waals surface area contributed by atoms with E-state index in [-0.39, 0.29) is 5.82 Å². The highest BCUT2D eigenvalue weighted by Crippen LogP contribution is 2.20. The molecular weight excluding hydrogens is 217 g/mol. The molecule has 1 heterocycles. The minimum absolute atomic E-state index is 0.241. The Labute approximate surface area is 100 Å². The van der Waals surface area contributed by atoms with Gasteiger partial charge in [-0.1, -0.05) is 0 Å². The normalized spacial score (nSPS) is 10.9. The van der Waals surface area contributed by atoms with Crippen molar-refractivity contribution in [3.8, 4) is 0 Å². The van der Waals surface area contributed by atoms with Gasteiger partial charge in [0.2, 0.25) is 5.95 Å². The van der Waals surface area contributed by atoms with Gasteiger partial charge in [0.1, 0.15) is 5.82 Å². The Morgan fingerprint density at radius 3 is 2.71 bits per heavy atom. The van der Waals surface area contributed by atoms with Crippen LogP contribution in [0.15, 0.2) is 30.6 Å². The Morgan fingerprint density at radius 2 is 2.06 bits per heavy atom. The summed E-state index contributed by atoms with van der Waals surface area (Å²) in [6.45, 7) is 6.01. The van der Waals surface area contributed by atoms with Crippen LogP contribution in [0, 0.1) is 12.7 Å². The molecule has 3 nitrogen and oxygen atoms in total. The highest BCUT2D eigenvalue weighted by Gasteiger charge is 2.06. The van der Waals surface area contributed by atoms with E-state index in [4.69, 9.17) is 0 Å². The van der Waals surface area contributed by atoms with Gasteiger partial charge in [0.05, 0.1) is 0 Å². The van der Waals surface area contributed by atoms with E-state index in [0.717, 1.165) is 17.2 Å². The minimum Gasteiger partial charge on any atom is -0.325 e. The molecule has 0 unspecified atom stereocenters. The van der Waals surface area contributed by atoms with Crippen LogP contribution in [-0.2, 0) is 0 Å². The average Bonchev–Trinajstić information content (AvgIpc) is 2.63. The lowest BCUT2D eigenvalue weighted by atomic mass is 10.2. The summed E-state index contributed by atoms with van der Waals surface area (Å²) in [5.74, 6) is 0.486. The molecule has 0 aliphatic rings. The molecule has 0 saturated heterocycles. The van der Waals surface area contributed by atoms with Crippen molar-refractivity contribution in [3.05, 3.63) is 42.0 Å². The van der Waals surface area contributed by atoms with Crippen molar-refractivity contribution in [2.75, 3.05) is 5.32 Å². The predicted octanol–water partition coefficient (Wildman–Crippen LogP) is 3.66. The van der Waals surface area contributed by atoms with Crippen molar-refractivity contribution >= 4 is 11.6 Å². The molecule has 90 valence electrons. The molecule has 0 aliphatic carbocycles. The first-order valence-corrected chi connectivity index (χ1v) is 5.63. The first-order chi connectivity index (χ1) is 8.06. The molecule has 0 amide bonds. The van der Waals surface area contributed by atoms with Gasteiger partial charge in [-0.25, -0.2) is 9.37 Å². The second-order valence-electron chi connectivity index (χ2n) is 4.39. The quantitative estimate of drug-likeness (QED) is 0.876. The van der Waals surface area contributed by atoms with Crippen molar-refractivity contribution in [2.24, 2.45) is 0 Å². The molecule has 0 bridgehead atoms. The monoisotopic (exact) mass is 233 g/mol. The molecule has 2 aromatic rings. The number of nitrogens with one attached hydrogen (secondary N) is 1. The lowest BCUT2D eigenvalue weighted by Gasteiger charge is -2.13. The lowest BCUT2D eigenvalue weighted by molar-refractivity contribution is 0.607. The van der Waals surface area contributed by atoms with Crippen molar-refractivity contribution < 1.29 is 4.39 Å². The van der Waals surface area contributed by atoms with Crippen LogP contribution in [0.1, 0.15) is 25.5 Å². The molecule has 4 heteroatoms.